The summed E-state index contributed by atoms with van der Waals surface area (Å²) in [6, 6.07) is 0. The van der Waals surface area contributed by atoms with Crippen LogP contribution in [0.3, 0.4) is 0 Å². The Kier molecular flexibility index (Phi) is 36.9. The van der Waals surface area contributed by atoms with Gasteiger partial charge in [-0.15, -0.1) is 0 Å². The van der Waals surface area contributed by atoms with Crippen molar-refractivity contribution in [1.29, 1.82) is 0 Å². The zero-order valence-corrected chi connectivity index (χ0v) is 28.6. The first kappa shape index (κ1) is 40.4. The van der Waals surface area contributed by atoms with Crippen LogP contribution in [0.15, 0.2) is 24.3 Å². The average Bonchev–Trinajstić information content (AvgIpc) is 2.99. The molecular formula is C39H76O2. The molecule has 0 spiro atoms. The monoisotopic (exact) mass is 577 g/mol. The van der Waals surface area contributed by atoms with E-state index in [4.69, 9.17) is 9.47 Å². The lowest BCUT2D eigenvalue weighted by Crippen LogP contribution is -2.17. The molecule has 0 fully saturated rings. The third kappa shape index (κ3) is 35.5. The van der Waals surface area contributed by atoms with Crippen molar-refractivity contribution >= 4 is 0 Å². The molecular weight excluding hydrogens is 500 g/mol. The molecule has 0 radical (unpaired) electrons. The minimum absolute atomic E-state index is 0.00116. The topological polar surface area (TPSA) is 18.5 Å². The van der Waals surface area contributed by atoms with Crippen LogP contribution in [-0.2, 0) is 9.47 Å². The molecule has 2 nitrogen and oxygen atoms in total. The van der Waals surface area contributed by atoms with Gasteiger partial charge in [0, 0.05) is 13.2 Å². The lowest BCUT2D eigenvalue weighted by atomic mass is 10.1. The Morgan fingerprint density at radius 3 is 0.902 bits per heavy atom. The predicted octanol–water partition coefficient (Wildman–Crippen LogP) is 13.8. The molecule has 0 aromatic rings. The lowest BCUT2D eigenvalue weighted by Gasteiger charge is -2.17. The van der Waals surface area contributed by atoms with Crippen molar-refractivity contribution in [1.82, 2.24) is 0 Å². The van der Waals surface area contributed by atoms with Gasteiger partial charge in [0.25, 0.3) is 0 Å². The van der Waals surface area contributed by atoms with Crippen LogP contribution in [0, 0.1) is 0 Å². The molecule has 41 heavy (non-hydrogen) atoms. The van der Waals surface area contributed by atoms with Gasteiger partial charge in [-0.05, 0) is 70.6 Å². The molecule has 0 aromatic heterocycles. The number of allylic oxidation sites excluding steroid dienone is 4. The third-order valence-electron chi connectivity index (χ3n) is 8.25. The largest absolute Gasteiger partial charge is 0.353 e. The number of rotatable bonds is 35. The highest BCUT2D eigenvalue weighted by Crippen LogP contribution is 2.13. The molecule has 0 unspecified atom stereocenters. The molecule has 0 atom stereocenters. The second-order valence-corrected chi connectivity index (χ2v) is 12.5. The molecule has 0 aliphatic heterocycles. The van der Waals surface area contributed by atoms with Crippen LogP contribution >= 0.6 is 0 Å². The van der Waals surface area contributed by atoms with Crippen molar-refractivity contribution in [3.63, 3.8) is 0 Å². The Labute approximate surface area is 259 Å². The van der Waals surface area contributed by atoms with Gasteiger partial charge in [0.15, 0.2) is 6.29 Å². The van der Waals surface area contributed by atoms with Gasteiger partial charge < -0.3 is 9.47 Å². The molecule has 2 heteroatoms. The normalized spacial score (nSPS) is 12.1. The van der Waals surface area contributed by atoms with Crippen molar-refractivity contribution in [2.24, 2.45) is 0 Å². The number of unbranched alkanes of at least 4 members (excludes halogenated alkanes) is 24. The standard InChI is InChI=1S/C39H76O2/c1-4-7-9-11-13-15-17-19-21-23-25-27-29-31-33-35-37-40-39(6-3)41-38-36-34-32-30-28-26-24-22-20-18-16-14-12-10-8-5-2/h19-22,39H,4-18,23-38H2,1-3H3/b21-19-,22-20-. The lowest BCUT2D eigenvalue weighted by molar-refractivity contribution is -0.144. The van der Waals surface area contributed by atoms with E-state index in [1.54, 1.807) is 0 Å². The molecule has 0 saturated heterocycles. The quantitative estimate of drug-likeness (QED) is 0.0424. The van der Waals surface area contributed by atoms with E-state index in [1.165, 1.54) is 180 Å². The second kappa shape index (κ2) is 37.4. The summed E-state index contributed by atoms with van der Waals surface area (Å²) >= 11 is 0. The van der Waals surface area contributed by atoms with E-state index in [-0.39, 0.29) is 6.29 Å². The summed E-state index contributed by atoms with van der Waals surface area (Å²) in [5.41, 5.74) is 0. The van der Waals surface area contributed by atoms with Gasteiger partial charge >= 0.3 is 0 Å². The van der Waals surface area contributed by atoms with Crippen LogP contribution in [0.4, 0.5) is 0 Å². The smallest absolute Gasteiger partial charge is 0.157 e. The summed E-state index contributed by atoms with van der Waals surface area (Å²) in [6.45, 7) is 8.46. The summed E-state index contributed by atoms with van der Waals surface area (Å²) in [5.74, 6) is 0. The highest BCUT2D eigenvalue weighted by atomic mass is 16.7. The minimum Gasteiger partial charge on any atom is -0.353 e. The van der Waals surface area contributed by atoms with Gasteiger partial charge in [0.1, 0.15) is 0 Å². The van der Waals surface area contributed by atoms with Crippen LogP contribution in [0.5, 0.6) is 0 Å². The van der Waals surface area contributed by atoms with Gasteiger partial charge in [0.2, 0.25) is 0 Å². The van der Waals surface area contributed by atoms with E-state index in [9.17, 15) is 0 Å². The SMILES string of the molecule is CCCCCCCC/C=C\CCCCCCCCOC(CC)OCCCCCCCC/C=C\CCCCCCCC. The first-order valence-corrected chi connectivity index (χ1v) is 18.9. The Balaban J connectivity index is 3.33. The predicted molar refractivity (Wildman–Crippen MR) is 185 cm³/mol. The summed E-state index contributed by atoms with van der Waals surface area (Å²) < 4.78 is 12.0. The molecule has 0 N–H and O–H groups in total. The van der Waals surface area contributed by atoms with Crippen molar-refractivity contribution in [3.05, 3.63) is 24.3 Å². The molecule has 0 aliphatic carbocycles. The fourth-order valence-corrected chi connectivity index (χ4v) is 5.41. The van der Waals surface area contributed by atoms with Gasteiger partial charge in [-0.2, -0.15) is 0 Å². The molecule has 0 saturated carbocycles. The molecule has 0 rings (SSSR count). The van der Waals surface area contributed by atoms with E-state index in [2.05, 4.69) is 45.1 Å². The summed E-state index contributed by atoms with van der Waals surface area (Å²) in [4.78, 5) is 0. The van der Waals surface area contributed by atoms with Crippen molar-refractivity contribution in [2.75, 3.05) is 13.2 Å². The minimum atomic E-state index is 0.00116. The molecule has 0 bridgehead atoms. The zero-order valence-electron chi connectivity index (χ0n) is 28.6. The molecule has 0 aromatic carbocycles. The zero-order chi connectivity index (χ0) is 29.7. The Morgan fingerprint density at radius 1 is 0.341 bits per heavy atom. The Bertz CT molecular complexity index is 468. The van der Waals surface area contributed by atoms with Gasteiger partial charge in [0.05, 0.1) is 0 Å². The van der Waals surface area contributed by atoms with Crippen molar-refractivity contribution in [3.8, 4) is 0 Å². The molecule has 0 aliphatic rings. The van der Waals surface area contributed by atoms with Gasteiger partial charge in [-0.25, -0.2) is 0 Å². The number of hydrogen-bond acceptors (Lipinski definition) is 2. The van der Waals surface area contributed by atoms with Crippen LogP contribution in [0.1, 0.15) is 207 Å². The first-order chi connectivity index (χ1) is 20.3. The maximum absolute atomic E-state index is 6.00. The number of ether oxygens (including phenoxy) is 2. The summed E-state index contributed by atoms with van der Waals surface area (Å²) in [6.07, 6.45) is 48.4. The fourth-order valence-electron chi connectivity index (χ4n) is 5.41. The maximum atomic E-state index is 6.00. The van der Waals surface area contributed by atoms with Crippen LogP contribution in [0.25, 0.3) is 0 Å². The fraction of sp³-hybridized carbons (Fsp3) is 0.897. The maximum Gasteiger partial charge on any atom is 0.157 e. The first-order valence-electron chi connectivity index (χ1n) is 18.9. The molecule has 244 valence electrons. The van der Waals surface area contributed by atoms with Crippen LogP contribution < -0.4 is 0 Å². The van der Waals surface area contributed by atoms with Crippen LogP contribution in [0.2, 0.25) is 0 Å². The van der Waals surface area contributed by atoms with E-state index in [1.807, 2.05) is 0 Å². The van der Waals surface area contributed by atoms with E-state index >= 15 is 0 Å². The van der Waals surface area contributed by atoms with E-state index in [0.29, 0.717) is 0 Å². The highest BCUT2D eigenvalue weighted by molar-refractivity contribution is 4.82. The van der Waals surface area contributed by atoms with Gasteiger partial charge in [-0.1, -0.05) is 161 Å². The van der Waals surface area contributed by atoms with Gasteiger partial charge in [-0.3, -0.25) is 0 Å². The Morgan fingerprint density at radius 2 is 0.610 bits per heavy atom. The summed E-state index contributed by atoms with van der Waals surface area (Å²) in [5, 5.41) is 0. The highest BCUT2D eigenvalue weighted by Gasteiger charge is 2.06. The van der Waals surface area contributed by atoms with Crippen molar-refractivity contribution in [2.45, 2.75) is 213 Å². The second-order valence-electron chi connectivity index (χ2n) is 12.5. The third-order valence-corrected chi connectivity index (χ3v) is 8.25. The van der Waals surface area contributed by atoms with Crippen molar-refractivity contribution < 1.29 is 9.47 Å². The average molecular weight is 577 g/mol. The molecule has 0 amide bonds. The van der Waals surface area contributed by atoms with E-state index in [0.717, 1.165) is 19.6 Å². The summed E-state index contributed by atoms with van der Waals surface area (Å²) in [7, 11) is 0. The molecule has 0 heterocycles. The van der Waals surface area contributed by atoms with E-state index < -0.39 is 0 Å². The van der Waals surface area contributed by atoms with Crippen LogP contribution in [-0.4, -0.2) is 19.5 Å². The number of hydrogen-bond donors (Lipinski definition) is 0. The Hall–Kier alpha value is -0.600.